The number of carbonyl (C=O) groups is 3. The van der Waals surface area contributed by atoms with Crippen molar-refractivity contribution < 1.29 is 28.6 Å². The third kappa shape index (κ3) is 65.1. The van der Waals surface area contributed by atoms with E-state index in [0.717, 1.165) is 89.9 Å². The van der Waals surface area contributed by atoms with Gasteiger partial charge in [-0.2, -0.15) is 0 Å². The molecular weight excluding hydrogens is 985 g/mol. The monoisotopic (exact) mass is 1110 g/mol. The first kappa shape index (κ1) is 76.3. The number of esters is 3. The van der Waals surface area contributed by atoms with Gasteiger partial charge in [-0.25, -0.2) is 0 Å². The van der Waals surface area contributed by atoms with Crippen molar-refractivity contribution in [3.05, 3.63) is 97.2 Å². The normalized spacial score (nSPS) is 12.7. The largest absolute Gasteiger partial charge is 0.462 e. The lowest BCUT2D eigenvalue weighted by molar-refractivity contribution is -0.166. The van der Waals surface area contributed by atoms with E-state index in [9.17, 15) is 14.4 Å². The lowest BCUT2D eigenvalue weighted by Crippen LogP contribution is -2.30. The molecule has 460 valence electrons. The van der Waals surface area contributed by atoms with E-state index in [1.165, 1.54) is 199 Å². The van der Waals surface area contributed by atoms with Crippen LogP contribution in [0.5, 0.6) is 0 Å². The molecular formula is C74H128O6. The molecule has 0 radical (unpaired) electrons. The number of unbranched alkanes of at least 4 members (excludes halogenated alkanes) is 35. The highest BCUT2D eigenvalue weighted by Gasteiger charge is 2.19. The lowest BCUT2D eigenvalue weighted by Gasteiger charge is -2.18. The maximum Gasteiger partial charge on any atom is 0.306 e. The zero-order chi connectivity index (χ0) is 57.8. The number of allylic oxidation sites excluding steroid dienone is 16. The average molecular weight is 1110 g/mol. The maximum atomic E-state index is 12.9. The summed E-state index contributed by atoms with van der Waals surface area (Å²) in [6.07, 6.45) is 91.8. The highest BCUT2D eigenvalue weighted by molar-refractivity contribution is 5.71. The Hall–Kier alpha value is -3.67. The third-order valence-electron chi connectivity index (χ3n) is 14.8. The Kier molecular flexibility index (Phi) is 64.7. The minimum Gasteiger partial charge on any atom is -0.462 e. The van der Waals surface area contributed by atoms with Gasteiger partial charge in [0.1, 0.15) is 13.2 Å². The summed E-state index contributed by atoms with van der Waals surface area (Å²) in [5, 5.41) is 0. The predicted molar refractivity (Wildman–Crippen MR) is 348 cm³/mol. The summed E-state index contributed by atoms with van der Waals surface area (Å²) in [6, 6.07) is 0. The number of rotatable bonds is 62. The molecule has 0 aliphatic carbocycles. The number of carbonyl (C=O) groups excluding carboxylic acids is 3. The van der Waals surface area contributed by atoms with Crippen molar-refractivity contribution in [2.75, 3.05) is 13.2 Å². The number of hydrogen-bond donors (Lipinski definition) is 0. The second-order valence-corrected chi connectivity index (χ2v) is 22.7. The Bertz CT molecular complexity index is 1560. The summed E-state index contributed by atoms with van der Waals surface area (Å²) in [5.41, 5.74) is 0. The molecule has 0 aromatic heterocycles. The molecule has 0 aliphatic heterocycles. The number of hydrogen-bond acceptors (Lipinski definition) is 6. The van der Waals surface area contributed by atoms with Crippen molar-refractivity contribution in [3.63, 3.8) is 0 Å². The zero-order valence-electron chi connectivity index (χ0n) is 52.8. The van der Waals surface area contributed by atoms with Gasteiger partial charge < -0.3 is 14.2 Å². The van der Waals surface area contributed by atoms with Gasteiger partial charge in [-0.3, -0.25) is 14.4 Å². The number of ether oxygens (including phenoxy) is 3. The van der Waals surface area contributed by atoms with Crippen molar-refractivity contribution >= 4 is 17.9 Å². The highest BCUT2D eigenvalue weighted by Crippen LogP contribution is 2.17. The minimum atomic E-state index is -0.822. The summed E-state index contributed by atoms with van der Waals surface area (Å²) in [6.45, 7) is 6.46. The molecule has 0 amide bonds. The van der Waals surface area contributed by atoms with Crippen LogP contribution in [0.15, 0.2) is 97.2 Å². The van der Waals surface area contributed by atoms with Gasteiger partial charge in [0.15, 0.2) is 6.10 Å². The topological polar surface area (TPSA) is 78.9 Å². The van der Waals surface area contributed by atoms with Crippen LogP contribution < -0.4 is 0 Å². The van der Waals surface area contributed by atoms with Crippen molar-refractivity contribution in [1.29, 1.82) is 0 Å². The van der Waals surface area contributed by atoms with Crippen LogP contribution in [0.2, 0.25) is 0 Å². The molecule has 80 heavy (non-hydrogen) atoms. The molecule has 0 N–H and O–H groups in total. The predicted octanol–water partition coefficient (Wildman–Crippen LogP) is 23.6. The van der Waals surface area contributed by atoms with Gasteiger partial charge in [0, 0.05) is 19.3 Å². The molecule has 0 rings (SSSR count). The van der Waals surface area contributed by atoms with E-state index >= 15 is 0 Å². The molecule has 0 spiro atoms. The van der Waals surface area contributed by atoms with E-state index in [2.05, 4.69) is 112 Å². The molecule has 0 bridgehead atoms. The Morgan fingerprint density at radius 2 is 0.512 bits per heavy atom. The molecule has 0 aliphatic rings. The van der Waals surface area contributed by atoms with E-state index in [4.69, 9.17) is 14.2 Å². The molecule has 0 fully saturated rings. The SMILES string of the molecule is CC/C=C\C/C=C\C/C=C\C/C=C\C/C=C\C/C=C\CCC(=O)OC(COC(=O)CCCCCCC/C=C\CCCCC)COC(=O)CCCCCCCCCCCCCCCCCCCCC/C=C\CCCCCCCCCC. The van der Waals surface area contributed by atoms with Gasteiger partial charge in [-0.1, -0.05) is 304 Å². The summed E-state index contributed by atoms with van der Waals surface area (Å²) >= 11 is 0. The molecule has 0 saturated heterocycles. The van der Waals surface area contributed by atoms with Crippen LogP contribution in [0.25, 0.3) is 0 Å². The second kappa shape index (κ2) is 67.8. The van der Waals surface area contributed by atoms with Gasteiger partial charge in [0.2, 0.25) is 0 Å². The molecule has 0 heterocycles. The van der Waals surface area contributed by atoms with Crippen LogP contribution in [-0.4, -0.2) is 37.2 Å². The first-order valence-electron chi connectivity index (χ1n) is 34.2. The fourth-order valence-corrected chi connectivity index (χ4v) is 9.70. The Balaban J connectivity index is 4.24. The average Bonchev–Trinajstić information content (AvgIpc) is 3.46. The van der Waals surface area contributed by atoms with Crippen molar-refractivity contribution in [3.8, 4) is 0 Å². The fraction of sp³-hybridized carbons (Fsp3) is 0.743. The smallest absolute Gasteiger partial charge is 0.306 e. The van der Waals surface area contributed by atoms with Gasteiger partial charge in [-0.15, -0.1) is 0 Å². The van der Waals surface area contributed by atoms with Crippen molar-refractivity contribution in [2.45, 2.75) is 341 Å². The summed E-state index contributed by atoms with van der Waals surface area (Å²) in [5.74, 6) is -0.992. The van der Waals surface area contributed by atoms with Crippen LogP contribution in [0, 0.1) is 0 Å². The molecule has 0 aromatic rings. The van der Waals surface area contributed by atoms with E-state index in [1.807, 2.05) is 6.08 Å². The molecule has 0 saturated carbocycles. The molecule has 1 unspecified atom stereocenters. The minimum absolute atomic E-state index is 0.108. The Labute approximate surface area is 496 Å². The van der Waals surface area contributed by atoms with E-state index in [-0.39, 0.29) is 31.6 Å². The highest BCUT2D eigenvalue weighted by atomic mass is 16.6. The van der Waals surface area contributed by atoms with E-state index in [1.54, 1.807) is 0 Å². The third-order valence-corrected chi connectivity index (χ3v) is 14.8. The first-order chi connectivity index (χ1) is 39.5. The van der Waals surface area contributed by atoms with Gasteiger partial charge >= 0.3 is 17.9 Å². The van der Waals surface area contributed by atoms with Crippen molar-refractivity contribution in [1.82, 2.24) is 0 Å². The van der Waals surface area contributed by atoms with Gasteiger partial charge in [0.25, 0.3) is 0 Å². The first-order valence-corrected chi connectivity index (χ1v) is 34.2. The maximum absolute atomic E-state index is 12.9. The standard InChI is InChI=1S/C74H128O6/c1-4-7-10-13-16-19-22-25-27-29-31-32-33-34-35-36-37-38-39-40-41-42-44-45-47-49-52-55-58-61-64-67-73(76)79-70-71(69-78-72(75)66-63-60-57-54-51-24-21-18-15-12-9-6-3)80-74(77)68-65-62-59-56-53-50-48-46-43-30-28-26-23-20-17-14-11-8-5-2/h8,11,17-18,20-21,26,28-29,31,43,46,50,53,59,62,71H,4-7,9-10,12-16,19,22-25,27,30,32-42,44-45,47-49,51-52,54-58,60-61,63-70H2,1-3H3/b11-8-,20-17-,21-18-,28-26-,31-29-,46-43-,53-50-,62-59-. The second-order valence-electron chi connectivity index (χ2n) is 22.7. The van der Waals surface area contributed by atoms with Crippen LogP contribution in [0.4, 0.5) is 0 Å². The molecule has 6 heteroatoms. The summed E-state index contributed by atoms with van der Waals surface area (Å²) in [7, 11) is 0. The quantitative estimate of drug-likeness (QED) is 0.0261. The van der Waals surface area contributed by atoms with Crippen molar-refractivity contribution in [2.24, 2.45) is 0 Å². The lowest BCUT2D eigenvalue weighted by atomic mass is 10.0. The summed E-state index contributed by atoms with van der Waals surface area (Å²) < 4.78 is 16.8. The van der Waals surface area contributed by atoms with Crippen LogP contribution >= 0.6 is 0 Å². The van der Waals surface area contributed by atoms with Gasteiger partial charge in [0.05, 0.1) is 0 Å². The van der Waals surface area contributed by atoms with Crippen LogP contribution in [0.3, 0.4) is 0 Å². The van der Waals surface area contributed by atoms with Crippen LogP contribution in [0.1, 0.15) is 335 Å². The van der Waals surface area contributed by atoms with E-state index in [0.29, 0.717) is 19.3 Å². The van der Waals surface area contributed by atoms with Gasteiger partial charge in [-0.05, 0) is 109 Å². The van der Waals surface area contributed by atoms with E-state index < -0.39 is 12.1 Å². The van der Waals surface area contributed by atoms with Crippen LogP contribution in [-0.2, 0) is 28.6 Å². The fourth-order valence-electron chi connectivity index (χ4n) is 9.70. The molecule has 1 atom stereocenters. The Morgan fingerprint density at radius 3 is 0.838 bits per heavy atom. The molecule has 6 nitrogen and oxygen atoms in total. The zero-order valence-corrected chi connectivity index (χ0v) is 52.8. The Morgan fingerprint density at radius 1 is 0.263 bits per heavy atom. The molecule has 0 aromatic carbocycles. The summed E-state index contributed by atoms with van der Waals surface area (Å²) in [4.78, 5) is 38.3.